The van der Waals surface area contributed by atoms with Crippen molar-refractivity contribution in [1.29, 1.82) is 0 Å². The highest BCUT2D eigenvalue weighted by molar-refractivity contribution is 7.89. The van der Waals surface area contributed by atoms with E-state index in [4.69, 9.17) is 5.11 Å². The summed E-state index contributed by atoms with van der Waals surface area (Å²) in [5, 5.41) is 11.7. The van der Waals surface area contributed by atoms with Gasteiger partial charge in [-0.15, -0.1) is 0 Å². The Morgan fingerprint density at radius 1 is 0.967 bits per heavy atom. The van der Waals surface area contributed by atoms with Gasteiger partial charge in [-0.05, 0) is 42.5 Å². The second kappa shape index (κ2) is 8.78. The fourth-order valence-corrected chi connectivity index (χ4v) is 3.54. The van der Waals surface area contributed by atoms with Crippen LogP contribution in [0.4, 0.5) is 24.8 Å². The van der Waals surface area contributed by atoms with E-state index in [0.717, 1.165) is 12.1 Å². The van der Waals surface area contributed by atoms with Gasteiger partial charge in [-0.1, -0.05) is 12.1 Å². The minimum atomic E-state index is -4.41. The number of nitrogens with one attached hydrogen (secondary N) is 2. The largest absolute Gasteiger partial charge is 0.416 e. The quantitative estimate of drug-likeness (QED) is 0.524. The summed E-state index contributed by atoms with van der Waals surface area (Å²) >= 11 is 0. The zero-order valence-corrected chi connectivity index (χ0v) is 16.2. The van der Waals surface area contributed by atoms with Crippen molar-refractivity contribution in [2.45, 2.75) is 11.1 Å². The Morgan fingerprint density at radius 3 is 2.23 bits per heavy atom. The molecule has 0 fully saturated rings. The highest BCUT2D eigenvalue weighted by Gasteiger charge is 2.30. The molecule has 0 amide bonds. The van der Waals surface area contributed by atoms with Crippen LogP contribution in [0.3, 0.4) is 0 Å². The van der Waals surface area contributed by atoms with Crippen LogP contribution in [-0.4, -0.2) is 36.6 Å². The predicted octanol–water partition coefficient (Wildman–Crippen LogP) is 3.18. The molecule has 30 heavy (non-hydrogen) atoms. The van der Waals surface area contributed by atoms with Crippen molar-refractivity contribution in [1.82, 2.24) is 14.7 Å². The molecule has 2 aromatic carbocycles. The Labute approximate surface area is 170 Å². The molecular formula is C19H17F3N4O3S. The van der Waals surface area contributed by atoms with Crippen LogP contribution < -0.4 is 10.0 Å². The van der Waals surface area contributed by atoms with Gasteiger partial charge in [-0.25, -0.2) is 23.1 Å². The molecule has 1 aromatic heterocycles. The van der Waals surface area contributed by atoms with Crippen LogP contribution in [-0.2, 0) is 16.2 Å². The lowest BCUT2D eigenvalue weighted by Gasteiger charge is -2.10. The number of rotatable bonds is 7. The summed E-state index contributed by atoms with van der Waals surface area (Å²) in [5.41, 5.74) is 0.682. The summed E-state index contributed by atoms with van der Waals surface area (Å²) < 4.78 is 64.4. The Kier molecular flexibility index (Phi) is 6.34. The molecule has 0 unspecified atom stereocenters. The Hall–Kier alpha value is -3.02. The second-order valence-corrected chi connectivity index (χ2v) is 7.88. The third-order valence-electron chi connectivity index (χ3n) is 3.99. The maximum absolute atomic E-state index is 12.7. The lowest BCUT2D eigenvalue weighted by molar-refractivity contribution is -0.137. The van der Waals surface area contributed by atoms with E-state index in [1.54, 1.807) is 6.07 Å². The van der Waals surface area contributed by atoms with Crippen molar-refractivity contribution in [3.63, 3.8) is 0 Å². The van der Waals surface area contributed by atoms with Crippen LogP contribution in [0.25, 0.3) is 11.3 Å². The van der Waals surface area contributed by atoms with Gasteiger partial charge in [0, 0.05) is 24.0 Å². The first kappa shape index (κ1) is 21.7. The van der Waals surface area contributed by atoms with Crippen molar-refractivity contribution in [2.24, 2.45) is 0 Å². The molecule has 7 nitrogen and oxygen atoms in total. The molecule has 0 saturated carbocycles. The topological polar surface area (TPSA) is 104 Å². The summed E-state index contributed by atoms with van der Waals surface area (Å²) in [6, 6.07) is 12.0. The van der Waals surface area contributed by atoms with Crippen LogP contribution in [0.15, 0.2) is 65.7 Å². The normalized spacial score (nSPS) is 12.0. The highest BCUT2D eigenvalue weighted by atomic mass is 32.2. The first-order valence-electron chi connectivity index (χ1n) is 8.67. The van der Waals surface area contributed by atoms with Gasteiger partial charge in [0.05, 0.1) is 22.8 Å². The van der Waals surface area contributed by atoms with E-state index < -0.39 is 21.8 Å². The Morgan fingerprint density at radius 2 is 1.63 bits per heavy atom. The van der Waals surface area contributed by atoms with Crippen LogP contribution in [0.2, 0.25) is 0 Å². The van der Waals surface area contributed by atoms with Crippen molar-refractivity contribution >= 4 is 21.7 Å². The van der Waals surface area contributed by atoms with Crippen LogP contribution in [0, 0.1) is 0 Å². The van der Waals surface area contributed by atoms with Gasteiger partial charge in [0.15, 0.2) is 0 Å². The Bertz CT molecular complexity index is 1100. The molecule has 158 valence electrons. The summed E-state index contributed by atoms with van der Waals surface area (Å²) in [4.78, 5) is 8.38. The average molecular weight is 438 g/mol. The summed E-state index contributed by atoms with van der Waals surface area (Å²) in [5.74, 6) is 0.196. The third kappa shape index (κ3) is 5.32. The molecule has 3 N–H and O–H groups in total. The van der Waals surface area contributed by atoms with E-state index in [1.165, 1.54) is 42.6 Å². The van der Waals surface area contributed by atoms with Gasteiger partial charge in [0.25, 0.3) is 0 Å². The summed E-state index contributed by atoms with van der Waals surface area (Å²) in [6.07, 6.45) is -2.95. The molecule has 0 bridgehead atoms. The average Bonchev–Trinajstić information content (AvgIpc) is 2.72. The molecular weight excluding hydrogens is 421 g/mol. The number of alkyl halides is 3. The molecule has 0 aliphatic carbocycles. The molecule has 0 aliphatic rings. The number of sulfonamides is 1. The maximum atomic E-state index is 12.7. The number of hydrogen-bond donors (Lipinski definition) is 3. The van der Waals surface area contributed by atoms with Gasteiger partial charge in [-0.3, -0.25) is 0 Å². The van der Waals surface area contributed by atoms with Gasteiger partial charge >= 0.3 is 6.18 Å². The van der Waals surface area contributed by atoms with Gasteiger partial charge < -0.3 is 10.4 Å². The van der Waals surface area contributed by atoms with E-state index in [9.17, 15) is 21.6 Å². The van der Waals surface area contributed by atoms with E-state index in [2.05, 4.69) is 20.0 Å². The number of halogens is 3. The van der Waals surface area contributed by atoms with E-state index >= 15 is 0 Å². The monoisotopic (exact) mass is 438 g/mol. The van der Waals surface area contributed by atoms with Crippen LogP contribution in [0.1, 0.15) is 5.56 Å². The van der Waals surface area contributed by atoms with Crippen molar-refractivity contribution in [3.8, 4) is 11.3 Å². The lowest BCUT2D eigenvalue weighted by atomic mass is 10.1. The molecule has 3 aromatic rings. The fourth-order valence-electron chi connectivity index (χ4n) is 2.52. The maximum Gasteiger partial charge on any atom is 0.416 e. The summed E-state index contributed by atoms with van der Waals surface area (Å²) in [7, 11) is -3.72. The number of nitrogens with zero attached hydrogens (tertiary/aromatic N) is 2. The van der Waals surface area contributed by atoms with E-state index in [0.29, 0.717) is 16.9 Å². The molecule has 3 rings (SSSR count). The van der Waals surface area contributed by atoms with Gasteiger partial charge in [0.2, 0.25) is 16.0 Å². The molecule has 0 radical (unpaired) electrons. The molecule has 0 atom stereocenters. The minimum absolute atomic E-state index is 0.0286. The third-order valence-corrected chi connectivity index (χ3v) is 5.47. The first-order chi connectivity index (χ1) is 14.2. The zero-order chi connectivity index (χ0) is 21.8. The predicted molar refractivity (Wildman–Crippen MR) is 104 cm³/mol. The standard InChI is InChI=1S/C19H17F3N4O3S/c20-19(21,22)14-3-1-13(2-4-14)17-9-10-23-18(26-17)25-15-5-7-16(8-6-15)30(28,29)24-11-12-27/h1-10,24,27H,11-12H2,(H,23,25,26). The van der Waals surface area contributed by atoms with E-state index in [1.807, 2.05) is 0 Å². The van der Waals surface area contributed by atoms with Crippen molar-refractivity contribution < 1.29 is 26.7 Å². The number of aliphatic hydroxyl groups excluding tert-OH is 1. The van der Waals surface area contributed by atoms with Crippen molar-refractivity contribution in [3.05, 3.63) is 66.4 Å². The number of aliphatic hydroxyl groups is 1. The number of benzene rings is 2. The fraction of sp³-hybridized carbons (Fsp3) is 0.158. The zero-order valence-electron chi connectivity index (χ0n) is 15.4. The first-order valence-corrected chi connectivity index (χ1v) is 10.2. The van der Waals surface area contributed by atoms with Gasteiger partial charge in [-0.2, -0.15) is 13.2 Å². The van der Waals surface area contributed by atoms with Crippen molar-refractivity contribution in [2.75, 3.05) is 18.5 Å². The SMILES string of the molecule is O=S(=O)(NCCO)c1ccc(Nc2nccc(-c3ccc(C(F)(F)F)cc3)n2)cc1. The van der Waals surface area contributed by atoms with Gasteiger partial charge in [0.1, 0.15) is 0 Å². The molecule has 1 heterocycles. The highest BCUT2D eigenvalue weighted by Crippen LogP contribution is 2.30. The Balaban J connectivity index is 1.75. The summed E-state index contributed by atoms with van der Waals surface area (Å²) in [6.45, 7) is -0.404. The smallest absolute Gasteiger partial charge is 0.395 e. The molecule has 0 saturated heterocycles. The molecule has 11 heteroatoms. The number of aromatic nitrogens is 2. The van der Waals surface area contributed by atoms with E-state index in [-0.39, 0.29) is 24.0 Å². The molecule has 0 spiro atoms. The minimum Gasteiger partial charge on any atom is -0.395 e. The molecule has 0 aliphatic heterocycles. The van der Waals surface area contributed by atoms with Crippen LogP contribution in [0.5, 0.6) is 0 Å². The second-order valence-electron chi connectivity index (χ2n) is 6.11. The van der Waals surface area contributed by atoms with Crippen LogP contribution >= 0.6 is 0 Å². The lowest BCUT2D eigenvalue weighted by Crippen LogP contribution is -2.26. The number of anilines is 2. The number of hydrogen-bond acceptors (Lipinski definition) is 6.